The summed E-state index contributed by atoms with van der Waals surface area (Å²) in [7, 11) is 1.75. The van der Waals surface area contributed by atoms with Gasteiger partial charge in [-0.25, -0.2) is 9.97 Å². The number of aromatic nitrogens is 3. The number of amides is 1. The first kappa shape index (κ1) is 24.2. The summed E-state index contributed by atoms with van der Waals surface area (Å²) in [5.41, 5.74) is 12.9. The Morgan fingerprint density at radius 2 is 1.82 bits per heavy atom. The molecule has 0 unspecified atom stereocenters. The van der Waals surface area contributed by atoms with Crippen molar-refractivity contribution in [2.75, 3.05) is 17.7 Å². The number of halogens is 3. The van der Waals surface area contributed by atoms with Gasteiger partial charge in [-0.1, -0.05) is 6.07 Å². The minimum absolute atomic E-state index is 0.345. The summed E-state index contributed by atoms with van der Waals surface area (Å²) in [6.45, 7) is 1.88. The number of alkyl halides is 3. The fourth-order valence-corrected chi connectivity index (χ4v) is 3.05. The number of benzene rings is 1. The summed E-state index contributed by atoms with van der Waals surface area (Å²) in [6.07, 6.45) is 0.873. The first-order chi connectivity index (χ1) is 16.1. The summed E-state index contributed by atoms with van der Waals surface area (Å²) in [5.74, 6) is -0.244. The SMILES string of the molecule is CNc1cc(-c2cncc(-c3cc(NC(=O)/C(N)=C/C(=C\N)C(F)(F)F)ccc3C)c2)ncn1. The van der Waals surface area contributed by atoms with Crippen molar-refractivity contribution in [3.05, 3.63) is 78.2 Å². The zero-order chi connectivity index (χ0) is 24.9. The maximum Gasteiger partial charge on any atom is 0.417 e. The number of hydrogen-bond acceptors (Lipinski definition) is 7. The van der Waals surface area contributed by atoms with Crippen molar-refractivity contribution in [3.8, 4) is 22.4 Å². The number of rotatable bonds is 6. The molecule has 11 heteroatoms. The molecule has 0 saturated carbocycles. The standard InChI is InChI=1S/C23H22F3N7O/c1-13-3-4-17(33-22(34)19(28)6-16(9-27)23(24,25)26)7-18(13)14-5-15(11-30-10-14)20-8-21(29-2)32-12-31-20/h3-12H,27-28H2,1-2H3,(H,33,34)(H,29,31,32)/b16-9+,19-6-. The number of pyridine rings is 1. The van der Waals surface area contributed by atoms with Crippen molar-refractivity contribution in [1.29, 1.82) is 0 Å². The molecule has 8 nitrogen and oxygen atoms in total. The fourth-order valence-electron chi connectivity index (χ4n) is 3.05. The predicted molar refractivity (Wildman–Crippen MR) is 124 cm³/mol. The molecule has 0 aliphatic carbocycles. The van der Waals surface area contributed by atoms with Crippen molar-refractivity contribution >= 4 is 17.4 Å². The van der Waals surface area contributed by atoms with Gasteiger partial charge in [0.05, 0.1) is 17.0 Å². The van der Waals surface area contributed by atoms with E-state index in [1.807, 2.05) is 13.0 Å². The molecular weight excluding hydrogens is 447 g/mol. The van der Waals surface area contributed by atoms with Crippen molar-refractivity contribution in [3.63, 3.8) is 0 Å². The van der Waals surface area contributed by atoms with Gasteiger partial charge in [-0.3, -0.25) is 9.78 Å². The number of nitrogens with two attached hydrogens (primary N) is 2. The van der Waals surface area contributed by atoms with Crippen LogP contribution in [0.5, 0.6) is 0 Å². The van der Waals surface area contributed by atoms with E-state index in [0.717, 1.165) is 22.3 Å². The molecule has 6 N–H and O–H groups in total. The number of carbonyl (C=O) groups excluding carboxylic acids is 1. The molecule has 2 aromatic heterocycles. The third kappa shape index (κ3) is 5.68. The number of nitrogens with one attached hydrogen (secondary N) is 2. The van der Waals surface area contributed by atoms with Gasteiger partial charge < -0.3 is 22.1 Å². The molecule has 0 fully saturated rings. The lowest BCUT2D eigenvalue weighted by molar-refractivity contribution is -0.112. The molecule has 0 radical (unpaired) electrons. The number of aryl methyl sites for hydroxylation is 1. The number of anilines is 2. The second-order valence-corrected chi connectivity index (χ2v) is 7.20. The van der Waals surface area contributed by atoms with Crippen LogP contribution in [-0.2, 0) is 4.79 Å². The van der Waals surface area contributed by atoms with Crippen LogP contribution < -0.4 is 22.1 Å². The van der Waals surface area contributed by atoms with Crippen molar-refractivity contribution in [1.82, 2.24) is 15.0 Å². The van der Waals surface area contributed by atoms with Crippen LogP contribution >= 0.6 is 0 Å². The zero-order valence-electron chi connectivity index (χ0n) is 18.3. The Hall–Kier alpha value is -4.41. The summed E-state index contributed by atoms with van der Waals surface area (Å²) < 4.78 is 38.6. The average Bonchev–Trinajstić information content (AvgIpc) is 2.82. The van der Waals surface area contributed by atoms with E-state index in [1.165, 1.54) is 6.33 Å². The topological polar surface area (TPSA) is 132 Å². The molecule has 3 aromatic rings. The molecule has 1 amide bonds. The highest BCUT2D eigenvalue weighted by Gasteiger charge is 2.32. The van der Waals surface area contributed by atoms with E-state index in [2.05, 4.69) is 25.6 Å². The van der Waals surface area contributed by atoms with E-state index in [4.69, 9.17) is 11.5 Å². The predicted octanol–water partition coefficient (Wildman–Crippen LogP) is 3.74. The molecular formula is C23H22F3N7O. The Balaban J connectivity index is 1.89. The van der Waals surface area contributed by atoms with Crippen LogP contribution in [-0.4, -0.2) is 34.1 Å². The van der Waals surface area contributed by atoms with E-state index in [1.54, 1.807) is 43.7 Å². The molecule has 1 aromatic carbocycles. The van der Waals surface area contributed by atoms with E-state index >= 15 is 0 Å². The Morgan fingerprint density at radius 1 is 1.09 bits per heavy atom. The smallest absolute Gasteiger partial charge is 0.404 e. The third-order valence-electron chi connectivity index (χ3n) is 4.84. The summed E-state index contributed by atoms with van der Waals surface area (Å²) >= 11 is 0. The maximum absolute atomic E-state index is 12.9. The average molecular weight is 469 g/mol. The van der Waals surface area contributed by atoms with Crippen LogP contribution in [0.1, 0.15) is 5.56 Å². The molecule has 34 heavy (non-hydrogen) atoms. The molecule has 2 heterocycles. The zero-order valence-corrected chi connectivity index (χ0v) is 18.3. The molecule has 0 spiro atoms. The minimum atomic E-state index is -4.73. The first-order valence-corrected chi connectivity index (χ1v) is 9.96. The van der Waals surface area contributed by atoms with Gasteiger partial charge in [-0.15, -0.1) is 0 Å². The molecule has 0 atom stereocenters. The highest BCUT2D eigenvalue weighted by atomic mass is 19.4. The summed E-state index contributed by atoms with van der Waals surface area (Å²) in [4.78, 5) is 25.0. The molecule has 0 bridgehead atoms. The normalized spacial score (nSPS) is 12.4. The number of carbonyl (C=O) groups is 1. The first-order valence-electron chi connectivity index (χ1n) is 9.96. The highest BCUT2D eigenvalue weighted by Crippen LogP contribution is 2.30. The third-order valence-corrected chi connectivity index (χ3v) is 4.84. The van der Waals surface area contributed by atoms with Gasteiger partial charge in [-0.05, 0) is 42.3 Å². The van der Waals surface area contributed by atoms with Crippen molar-refractivity contribution in [2.24, 2.45) is 11.5 Å². The fraction of sp³-hybridized carbons (Fsp3) is 0.130. The van der Waals surface area contributed by atoms with Crippen molar-refractivity contribution in [2.45, 2.75) is 13.1 Å². The maximum atomic E-state index is 12.9. The number of nitrogens with zero attached hydrogens (tertiary/aromatic N) is 3. The Bertz CT molecular complexity index is 1270. The monoisotopic (exact) mass is 469 g/mol. The van der Waals surface area contributed by atoms with Gasteiger partial charge in [0.1, 0.15) is 12.1 Å². The molecule has 0 aliphatic rings. The van der Waals surface area contributed by atoms with E-state index < -0.39 is 23.4 Å². The lowest BCUT2D eigenvalue weighted by Crippen LogP contribution is -2.22. The van der Waals surface area contributed by atoms with Crippen molar-refractivity contribution < 1.29 is 18.0 Å². The lowest BCUT2D eigenvalue weighted by Gasteiger charge is -2.12. The number of hydrogen-bond donors (Lipinski definition) is 4. The molecule has 0 aliphatic heterocycles. The summed E-state index contributed by atoms with van der Waals surface area (Å²) in [6, 6.07) is 8.74. The Labute approximate surface area is 193 Å². The van der Waals surface area contributed by atoms with Gasteiger partial charge in [-0.2, -0.15) is 13.2 Å². The lowest BCUT2D eigenvalue weighted by atomic mass is 9.99. The van der Waals surface area contributed by atoms with Gasteiger partial charge in [0.2, 0.25) is 0 Å². The summed E-state index contributed by atoms with van der Waals surface area (Å²) in [5, 5.41) is 5.46. The second kappa shape index (κ2) is 10.0. The minimum Gasteiger partial charge on any atom is -0.404 e. The van der Waals surface area contributed by atoms with E-state index in [0.29, 0.717) is 29.5 Å². The molecule has 3 rings (SSSR count). The number of allylic oxidation sites excluding steroid dienone is 2. The van der Waals surface area contributed by atoms with Gasteiger partial charge in [0.15, 0.2) is 0 Å². The molecule has 176 valence electrons. The Kier molecular flexibility index (Phi) is 7.15. The van der Waals surface area contributed by atoms with E-state index in [-0.39, 0.29) is 0 Å². The van der Waals surface area contributed by atoms with Crippen LogP contribution in [0.2, 0.25) is 0 Å². The quantitative estimate of drug-likeness (QED) is 0.319. The van der Waals surface area contributed by atoms with Crippen LogP contribution in [0.3, 0.4) is 0 Å². The van der Waals surface area contributed by atoms with Crippen LogP contribution in [0.15, 0.2) is 72.6 Å². The second-order valence-electron chi connectivity index (χ2n) is 7.20. The molecule has 0 saturated heterocycles. The van der Waals surface area contributed by atoms with Gasteiger partial charge in [0.25, 0.3) is 5.91 Å². The van der Waals surface area contributed by atoms with Gasteiger partial charge in [0, 0.05) is 48.5 Å². The Morgan fingerprint density at radius 3 is 2.50 bits per heavy atom. The highest BCUT2D eigenvalue weighted by molar-refractivity contribution is 6.03. The van der Waals surface area contributed by atoms with E-state index in [9.17, 15) is 18.0 Å². The largest absolute Gasteiger partial charge is 0.417 e. The van der Waals surface area contributed by atoms with Crippen LogP contribution in [0, 0.1) is 6.92 Å². The van der Waals surface area contributed by atoms with Crippen LogP contribution in [0.4, 0.5) is 24.7 Å². The van der Waals surface area contributed by atoms with Gasteiger partial charge >= 0.3 is 6.18 Å². The van der Waals surface area contributed by atoms with Crippen LogP contribution in [0.25, 0.3) is 22.4 Å².